The van der Waals surface area contributed by atoms with Gasteiger partial charge >= 0.3 is 0 Å². The zero-order valence-electron chi connectivity index (χ0n) is 17.2. The van der Waals surface area contributed by atoms with Crippen LogP contribution in [0.2, 0.25) is 0 Å². The smallest absolute Gasteiger partial charge is 0.126 e. The van der Waals surface area contributed by atoms with Gasteiger partial charge in [-0.3, -0.25) is 9.89 Å². The van der Waals surface area contributed by atoms with E-state index in [0.29, 0.717) is 12.1 Å². The first-order valence-corrected chi connectivity index (χ1v) is 11.9. The van der Waals surface area contributed by atoms with Gasteiger partial charge in [0, 0.05) is 50.0 Å². The zero-order chi connectivity index (χ0) is 20.3. The molecular weight excluding hydrogens is 403 g/mol. The quantitative estimate of drug-likeness (QED) is 0.732. The average molecular weight is 433 g/mol. The molecule has 0 radical (unpaired) electrons. The van der Waals surface area contributed by atoms with Gasteiger partial charge in [0.05, 0.1) is 36.2 Å². The largest absolute Gasteiger partial charge is 0.381 e. The fourth-order valence-corrected chi connectivity index (χ4v) is 5.45. The van der Waals surface area contributed by atoms with Crippen LogP contribution in [0.15, 0.2) is 23.2 Å². The fourth-order valence-electron chi connectivity index (χ4n) is 4.37. The van der Waals surface area contributed by atoms with Crippen LogP contribution in [0.3, 0.4) is 0 Å². The van der Waals surface area contributed by atoms with Crippen molar-refractivity contribution in [2.45, 2.75) is 31.3 Å². The van der Waals surface area contributed by atoms with E-state index in [9.17, 15) is 4.39 Å². The molecule has 4 heterocycles. The summed E-state index contributed by atoms with van der Waals surface area (Å²) >= 11 is 1.80. The van der Waals surface area contributed by atoms with Crippen molar-refractivity contribution >= 4 is 33.4 Å². The molecule has 0 spiro atoms. The summed E-state index contributed by atoms with van der Waals surface area (Å²) in [5.41, 5.74) is 2.78. The highest BCUT2D eigenvalue weighted by Gasteiger charge is 2.23. The van der Waals surface area contributed by atoms with Gasteiger partial charge in [0.1, 0.15) is 10.9 Å². The number of aliphatic imine (C=N–C) groups is 1. The highest BCUT2D eigenvalue weighted by molar-refractivity contribution is 8.14. The molecule has 0 aliphatic carbocycles. The summed E-state index contributed by atoms with van der Waals surface area (Å²) in [6.45, 7) is 6.30. The minimum atomic E-state index is -0.216. The lowest BCUT2D eigenvalue weighted by molar-refractivity contribution is 0.0369. The molecule has 0 unspecified atom stereocenters. The number of H-pyrrole nitrogens is 1. The van der Waals surface area contributed by atoms with Crippen LogP contribution in [0, 0.1) is 5.82 Å². The van der Waals surface area contributed by atoms with E-state index in [2.05, 4.69) is 15.2 Å². The van der Waals surface area contributed by atoms with Gasteiger partial charge in [-0.2, -0.15) is 0 Å². The molecule has 6 nitrogen and oxygen atoms in total. The molecule has 2 N–H and O–H groups in total. The predicted molar refractivity (Wildman–Crippen MR) is 120 cm³/mol. The fraction of sp³-hybridized carbons (Fsp3) is 0.591. The Morgan fingerprint density at radius 2 is 1.93 bits per heavy atom. The van der Waals surface area contributed by atoms with Crippen molar-refractivity contribution in [2.24, 2.45) is 4.99 Å². The van der Waals surface area contributed by atoms with Crippen LogP contribution in [0.25, 0.3) is 10.9 Å². The van der Waals surface area contributed by atoms with Crippen LogP contribution in [0.1, 0.15) is 25.0 Å². The van der Waals surface area contributed by atoms with E-state index >= 15 is 0 Å². The van der Waals surface area contributed by atoms with E-state index in [0.717, 1.165) is 98.4 Å². The van der Waals surface area contributed by atoms with Crippen molar-refractivity contribution in [2.75, 3.05) is 57.1 Å². The average Bonchev–Trinajstić information content (AvgIpc) is 3.41. The molecule has 1 atom stereocenters. The molecule has 0 saturated carbocycles. The maximum Gasteiger partial charge on any atom is 0.126 e. The lowest BCUT2D eigenvalue weighted by Gasteiger charge is -2.26. The Morgan fingerprint density at radius 3 is 2.77 bits per heavy atom. The standard InChI is InChI=1S/C22H29FN4O2S/c23-16-11-15-12-20(26-21(15)19(13-16)24-17-2-7-28-8-3-17)22-25-18(14-30-22)1-4-27-5-9-29-10-6-27/h11-13,17-18,24,26H,1-10,14H2/t18-/m1/s1. The van der Waals surface area contributed by atoms with Gasteiger partial charge in [-0.25, -0.2) is 4.39 Å². The van der Waals surface area contributed by atoms with E-state index in [1.807, 2.05) is 6.07 Å². The molecule has 3 aliphatic rings. The minimum Gasteiger partial charge on any atom is -0.381 e. The molecule has 8 heteroatoms. The topological polar surface area (TPSA) is 61.9 Å². The van der Waals surface area contributed by atoms with Gasteiger partial charge < -0.3 is 19.8 Å². The molecule has 3 aliphatic heterocycles. The number of anilines is 1. The predicted octanol–water partition coefficient (Wildman–Crippen LogP) is 3.48. The summed E-state index contributed by atoms with van der Waals surface area (Å²) in [6, 6.07) is 5.88. The second-order valence-electron chi connectivity index (χ2n) is 8.27. The van der Waals surface area contributed by atoms with Crippen molar-refractivity contribution in [3.63, 3.8) is 0 Å². The molecule has 0 amide bonds. The number of halogens is 1. The number of ether oxygens (including phenoxy) is 2. The van der Waals surface area contributed by atoms with Gasteiger partial charge in [-0.1, -0.05) is 0 Å². The second-order valence-corrected chi connectivity index (χ2v) is 9.28. The van der Waals surface area contributed by atoms with Crippen molar-refractivity contribution in [1.29, 1.82) is 0 Å². The monoisotopic (exact) mass is 432 g/mol. The summed E-state index contributed by atoms with van der Waals surface area (Å²) in [6.07, 6.45) is 2.96. The molecule has 162 valence electrons. The normalized spacial score (nSPS) is 23.8. The van der Waals surface area contributed by atoms with Crippen molar-refractivity contribution in [3.8, 4) is 0 Å². The lowest BCUT2D eigenvalue weighted by Crippen LogP contribution is -2.37. The molecule has 0 bridgehead atoms. The SMILES string of the molecule is Fc1cc(NC2CCOCC2)c2[nH]c(C3=N[C@H](CCN4CCOCC4)CS3)cc2c1. The van der Waals surface area contributed by atoms with Gasteiger partial charge in [-0.05, 0) is 37.5 Å². The zero-order valence-corrected chi connectivity index (χ0v) is 18.0. The Morgan fingerprint density at radius 1 is 1.13 bits per heavy atom. The van der Waals surface area contributed by atoms with Gasteiger partial charge in [0.25, 0.3) is 0 Å². The number of aromatic amines is 1. The number of nitrogens with one attached hydrogen (secondary N) is 2. The third-order valence-electron chi connectivity index (χ3n) is 6.10. The van der Waals surface area contributed by atoms with Crippen LogP contribution in [0.5, 0.6) is 0 Å². The minimum absolute atomic E-state index is 0.216. The van der Waals surface area contributed by atoms with Crippen LogP contribution in [-0.4, -0.2) is 78.8 Å². The third-order valence-corrected chi connectivity index (χ3v) is 7.25. The molecule has 1 aromatic carbocycles. The van der Waals surface area contributed by atoms with Crippen LogP contribution >= 0.6 is 11.8 Å². The molecular formula is C22H29FN4O2S. The van der Waals surface area contributed by atoms with Crippen LogP contribution in [0.4, 0.5) is 10.1 Å². The van der Waals surface area contributed by atoms with E-state index < -0.39 is 0 Å². The third kappa shape index (κ3) is 4.66. The summed E-state index contributed by atoms with van der Waals surface area (Å²) in [7, 11) is 0. The first-order chi connectivity index (χ1) is 14.7. The second kappa shape index (κ2) is 9.26. The summed E-state index contributed by atoms with van der Waals surface area (Å²) < 4.78 is 25.1. The number of fused-ring (bicyclic) bond motifs is 1. The molecule has 2 fully saturated rings. The molecule has 2 saturated heterocycles. The number of morpholine rings is 1. The van der Waals surface area contributed by atoms with Crippen molar-refractivity contribution in [3.05, 3.63) is 29.7 Å². The van der Waals surface area contributed by atoms with E-state index in [1.165, 1.54) is 0 Å². The number of benzene rings is 1. The van der Waals surface area contributed by atoms with E-state index in [4.69, 9.17) is 14.5 Å². The lowest BCUT2D eigenvalue weighted by atomic mass is 10.1. The number of thioether (sulfide) groups is 1. The van der Waals surface area contributed by atoms with Crippen molar-refractivity contribution in [1.82, 2.24) is 9.88 Å². The summed E-state index contributed by atoms with van der Waals surface area (Å²) in [5, 5.41) is 5.45. The Kier molecular flexibility index (Phi) is 6.27. The number of rotatable bonds is 6. The Labute approximate surface area is 180 Å². The summed E-state index contributed by atoms with van der Waals surface area (Å²) in [4.78, 5) is 10.9. The molecule has 30 heavy (non-hydrogen) atoms. The maximum atomic E-state index is 14.2. The number of aromatic nitrogens is 1. The summed E-state index contributed by atoms with van der Waals surface area (Å²) in [5.74, 6) is 0.795. The van der Waals surface area contributed by atoms with Gasteiger partial charge in [0.15, 0.2) is 0 Å². The molecule has 2 aromatic rings. The number of hydrogen-bond acceptors (Lipinski definition) is 6. The first-order valence-electron chi connectivity index (χ1n) is 10.9. The van der Waals surface area contributed by atoms with Crippen LogP contribution in [-0.2, 0) is 9.47 Å². The number of nitrogens with zero attached hydrogens (tertiary/aromatic N) is 2. The first kappa shape index (κ1) is 20.3. The molecule has 5 rings (SSSR count). The number of hydrogen-bond donors (Lipinski definition) is 2. The van der Waals surface area contributed by atoms with Gasteiger partial charge in [-0.15, -0.1) is 11.8 Å². The van der Waals surface area contributed by atoms with E-state index in [-0.39, 0.29) is 5.82 Å². The van der Waals surface area contributed by atoms with Crippen molar-refractivity contribution < 1.29 is 13.9 Å². The maximum absolute atomic E-state index is 14.2. The molecule has 1 aromatic heterocycles. The Hall–Kier alpha value is -1.61. The highest BCUT2D eigenvalue weighted by Crippen LogP contribution is 2.31. The van der Waals surface area contributed by atoms with E-state index in [1.54, 1.807) is 23.9 Å². The highest BCUT2D eigenvalue weighted by atomic mass is 32.2. The van der Waals surface area contributed by atoms with Gasteiger partial charge in [0.2, 0.25) is 0 Å². The Balaban J connectivity index is 1.30. The Bertz CT molecular complexity index is 906. The van der Waals surface area contributed by atoms with Crippen LogP contribution < -0.4 is 5.32 Å².